The first kappa shape index (κ1) is 26.0. The Balaban J connectivity index is 1.47. The van der Waals surface area contributed by atoms with Crippen LogP contribution < -0.4 is 5.32 Å². The molecule has 1 aromatic heterocycles. The van der Waals surface area contributed by atoms with Crippen LogP contribution in [-0.4, -0.2) is 75.7 Å². The van der Waals surface area contributed by atoms with Crippen LogP contribution in [0.1, 0.15) is 49.3 Å². The van der Waals surface area contributed by atoms with E-state index in [4.69, 9.17) is 9.72 Å². The van der Waals surface area contributed by atoms with Gasteiger partial charge in [0.15, 0.2) is 5.69 Å². The highest BCUT2D eigenvalue weighted by atomic mass is 16.6. The average Bonchev–Trinajstić information content (AvgIpc) is 3.59. The van der Waals surface area contributed by atoms with E-state index in [0.29, 0.717) is 31.7 Å². The number of carbonyl (C=O) groups is 2. The van der Waals surface area contributed by atoms with E-state index in [1.807, 2.05) is 80.5 Å². The maximum absolute atomic E-state index is 14.2. The molecule has 3 heterocycles. The Kier molecular flexibility index (Phi) is 7.51. The second kappa shape index (κ2) is 11.0. The van der Waals surface area contributed by atoms with Gasteiger partial charge in [0.1, 0.15) is 5.60 Å². The largest absolute Gasteiger partial charge is 0.444 e. The first-order chi connectivity index (χ1) is 18.3. The Morgan fingerprint density at radius 3 is 2.39 bits per heavy atom. The number of benzene rings is 2. The zero-order chi connectivity index (χ0) is 26.7. The molecule has 2 amide bonds. The van der Waals surface area contributed by atoms with Gasteiger partial charge in [-0.3, -0.25) is 4.79 Å². The lowest BCUT2D eigenvalue weighted by atomic mass is 10.0. The number of rotatable bonds is 5. The fraction of sp³-hybridized carbons (Fsp3) is 0.433. The van der Waals surface area contributed by atoms with E-state index in [0.717, 1.165) is 36.3 Å². The molecule has 2 aliphatic rings. The zero-order valence-electron chi connectivity index (χ0n) is 22.5. The van der Waals surface area contributed by atoms with Crippen LogP contribution in [0.25, 0.3) is 11.3 Å². The molecular formula is C30H37N5O3. The highest BCUT2D eigenvalue weighted by molar-refractivity contribution is 5.98. The molecular weight excluding hydrogens is 478 g/mol. The molecule has 1 N–H and O–H groups in total. The van der Waals surface area contributed by atoms with Gasteiger partial charge in [-0.1, -0.05) is 60.7 Å². The van der Waals surface area contributed by atoms with Crippen molar-refractivity contribution < 1.29 is 14.3 Å². The lowest BCUT2D eigenvalue weighted by Crippen LogP contribution is -2.58. The number of carbonyl (C=O) groups excluding carboxylic acids is 2. The number of piperazine rings is 1. The van der Waals surface area contributed by atoms with Crippen LogP contribution in [-0.2, 0) is 11.2 Å². The quantitative estimate of drug-likeness (QED) is 0.545. The molecule has 2 saturated heterocycles. The van der Waals surface area contributed by atoms with Gasteiger partial charge < -0.3 is 24.4 Å². The molecule has 0 bridgehead atoms. The molecule has 0 aliphatic carbocycles. The predicted molar refractivity (Wildman–Crippen MR) is 147 cm³/mol. The second-order valence-corrected chi connectivity index (χ2v) is 11.1. The smallest absolute Gasteiger partial charge is 0.410 e. The molecule has 0 saturated carbocycles. The van der Waals surface area contributed by atoms with Crippen molar-refractivity contribution in [1.29, 1.82) is 0 Å². The van der Waals surface area contributed by atoms with E-state index in [1.165, 1.54) is 0 Å². The summed E-state index contributed by atoms with van der Waals surface area (Å²) < 4.78 is 7.81. The van der Waals surface area contributed by atoms with Gasteiger partial charge in [-0.05, 0) is 45.7 Å². The Hall–Kier alpha value is -3.65. The molecule has 2 aromatic carbocycles. The van der Waals surface area contributed by atoms with Crippen molar-refractivity contribution in [3.8, 4) is 11.3 Å². The van der Waals surface area contributed by atoms with Crippen molar-refractivity contribution in [2.45, 2.75) is 51.3 Å². The summed E-state index contributed by atoms with van der Waals surface area (Å²) in [5, 5.41) is 3.42. The molecule has 8 heteroatoms. The molecule has 2 fully saturated rings. The highest BCUT2D eigenvalue weighted by Gasteiger charge is 2.37. The molecule has 3 aromatic rings. The topological polar surface area (TPSA) is 79.7 Å². The maximum Gasteiger partial charge on any atom is 0.410 e. The molecule has 8 nitrogen and oxygen atoms in total. The van der Waals surface area contributed by atoms with Gasteiger partial charge in [-0.25, -0.2) is 9.78 Å². The lowest BCUT2D eigenvalue weighted by Gasteiger charge is -2.41. The Bertz CT molecular complexity index is 1250. The summed E-state index contributed by atoms with van der Waals surface area (Å²) in [5.41, 5.74) is 2.84. The standard InChI is InChI=1S/C30H37N5O3/c1-30(2,3)38-29(37)33-16-17-34(25(20-33)18-22-10-6-4-7-11-22)28(36)26-27(23-12-8-5-9-13-23)35(21-32-26)24-14-15-31-19-24/h4-13,21,24-25,31H,14-20H2,1-3H3/t24?,25-/m1/s1. The second-order valence-electron chi connectivity index (χ2n) is 11.1. The van der Waals surface area contributed by atoms with E-state index >= 15 is 0 Å². The number of ether oxygens (including phenoxy) is 1. The van der Waals surface area contributed by atoms with E-state index < -0.39 is 5.60 Å². The predicted octanol–water partition coefficient (Wildman–Crippen LogP) is 4.39. The van der Waals surface area contributed by atoms with Crippen LogP contribution in [0.4, 0.5) is 4.79 Å². The third kappa shape index (κ3) is 5.75. The van der Waals surface area contributed by atoms with E-state index in [9.17, 15) is 9.59 Å². The minimum atomic E-state index is -0.578. The molecule has 0 spiro atoms. The van der Waals surface area contributed by atoms with Gasteiger partial charge in [0.25, 0.3) is 5.91 Å². The summed E-state index contributed by atoms with van der Waals surface area (Å²) in [4.78, 5) is 35.5. The molecule has 200 valence electrons. The lowest BCUT2D eigenvalue weighted by molar-refractivity contribution is 0.00429. The summed E-state index contributed by atoms with van der Waals surface area (Å²) >= 11 is 0. The monoisotopic (exact) mass is 515 g/mol. The first-order valence-electron chi connectivity index (χ1n) is 13.5. The van der Waals surface area contributed by atoms with E-state index in [1.54, 1.807) is 4.90 Å². The number of hydrogen-bond donors (Lipinski definition) is 1. The van der Waals surface area contributed by atoms with Gasteiger partial charge in [0.2, 0.25) is 0 Å². The van der Waals surface area contributed by atoms with E-state index in [-0.39, 0.29) is 24.1 Å². The number of hydrogen-bond acceptors (Lipinski definition) is 5. The Morgan fingerprint density at radius 2 is 1.74 bits per heavy atom. The Labute approximate surface area is 224 Å². The summed E-state index contributed by atoms with van der Waals surface area (Å²) in [5.74, 6) is -0.0988. The van der Waals surface area contributed by atoms with Crippen molar-refractivity contribution in [2.24, 2.45) is 0 Å². The molecule has 2 aliphatic heterocycles. The van der Waals surface area contributed by atoms with Crippen LogP contribution in [0.2, 0.25) is 0 Å². The van der Waals surface area contributed by atoms with Crippen molar-refractivity contribution in [1.82, 2.24) is 24.7 Å². The summed E-state index contributed by atoms with van der Waals surface area (Å²) in [6, 6.07) is 20.2. The first-order valence-corrected chi connectivity index (χ1v) is 13.5. The van der Waals surface area contributed by atoms with Crippen molar-refractivity contribution in [3.05, 3.63) is 78.2 Å². The fourth-order valence-electron chi connectivity index (χ4n) is 5.36. The highest BCUT2D eigenvalue weighted by Crippen LogP contribution is 2.31. The van der Waals surface area contributed by atoms with Crippen molar-refractivity contribution >= 4 is 12.0 Å². The number of imidazole rings is 1. The molecule has 0 radical (unpaired) electrons. The van der Waals surface area contributed by atoms with Gasteiger partial charge in [0.05, 0.1) is 18.1 Å². The summed E-state index contributed by atoms with van der Waals surface area (Å²) in [6.45, 7) is 8.65. The van der Waals surface area contributed by atoms with Gasteiger partial charge in [-0.15, -0.1) is 0 Å². The normalized spacial score (nSPS) is 20.0. The summed E-state index contributed by atoms with van der Waals surface area (Å²) in [7, 11) is 0. The van der Waals surface area contributed by atoms with Gasteiger partial charge in [-0.2, -0.15) is 0 Å². The fourth-order valence-corrected chi connectivity index (χ4v) is 5.36. The molecule has 1 unspecified atom stereocenters. The van der Waals surface area contributed by atoms with Gasteiger partial charge in [0, 0.05) is 37.8 Å². The SMILES string of the molecule is CC(C)(C)OC(=O)N1CCN(C(=O)c2ncn(C3CCNC3)c2-c2ccccc2)[C@H](Cc2ccccc2)C1. The number of aromatic nitrogens is 2. The number of nitrogens with zero attached hydrogens (tertiary/aromatic N) is 4. The number of nitrogens with one attached hydrogen (secondary N) is 1. The molecule has 5 rings (SSSR count). The molecule has 2 atom stereocenters. The Morgan fingerprint density at radius 1 is 1.03 bits per heavy atom. The average molecular weight is 516 g/mol. The van der Waals surface area contributed by atoms with Crippen LogP contribution >= 0.6 is 0 Å². The van der Waals surface area contributed by atoms with Crippen LogP contribution in [0, 0.1) is 0 Å². The van der Waals surface area contributed by atoms with Crippen LogP contribution in [0.3, 0.4) is 0 Å². The van der Waals surface area contributed by atoms with Crippen LogP contribution in [0.15, 0.2) is 67.0 Å². The third-order valence-corrected chi connectivity index (χ3v) is 7.18. The zero-order valence-corrected chi connectivity index (χ0v) is 22.5. The van der Waals surface area contributed by atoms with Crippen molar-refractivity contribution in [2.75, 3.05) is 32.7 Å². The number of amides is 2. The third-order valence-electron chi connectivity index (χ3n) is 7.18. The van der Waals surface area contributed by atoms with Crippen LogP contribution in [0.5, 0.6) is 0 Å². The molecule has 38 heavy (non-hydrogen) atoms. The van der Waals surface area contributed by atoms with E-state index in [2.05, 4.69) is 22.0 Å². The minimum Gasteiger partial charge on any atom is -0.444 e. The van der Waals surface area contributed by atoms with Gasteiger partial charge >= 0.3 is 6.09 Å². The minimum absolute atomic E-state index is 0.0988. The maximum atomic E-state index is 14.2. The summed E-state index contributed by atoms with van der Waals surface area (Å²) in [6.07, 6.45) is 3.11. The van der Waals surface area contributed by atoms with Crippen molar-refractivity contribution in [3.63, 3.8) is 0 Å².